The van der Waals surface area contributed by atoms with Crippen LogP contribution in [0, 0.1) is 6.92 Å². The molecule has 1 fully saturated rings. The van der Waals surface area contributed by atoms with Crippen molar-refractivity contribution in [3.63, 3.8) is 0 Å². The number of nitrogens with one attached hydrogen (secondary N) is 1. The first-order valence-corrected chi connectivity index (χ1v) is 12.6. The van der Waals surface area contributed by atoms with Gasteiger partial charge in [0, 0.05) is 0 Å². The van der Waals surface area contributed by atoms with Crippen molar-refractivity contribution in [2.24, 2.45) is 0 Å². The number of rotatable bonds is 7. The molecule has 9 nitrogen and oxygen atoms in total. The van der Waals surface area contributed by atoms with E-state index in [1.54, 1.807) is 61.5 Å². The molecular weight excluding hydrogens is 555 g/mol. The Balaban J connectivity index is 1.49. The van der Waals surface area contributed by atoms with Gasteiger partial charge in [-0.05, 0) is 0 Å². The van der Waals surface area contributed by atoms with Crippen LogP contribution in [0.1, 0.15) is 38.9 Å². The van der Waals surface area contributed by atoms with Crippen LogP contribution in [0.15, 0.2) is 76.4 Å². The average Bonchev–Trinajstić information content (AvgIpc) is 3.27. The summed E-state index contributed by atoms with van der Waals surface area (Å²) in [4.78, 5) is 51.2. The molecule has 1 aliphatic heterocycles. The topological polar surface area (TPSA) is 117 Å². The van der Waals surface area contributed by atoms with Crippen molar-refractivity contribution in [2.75, 3.05) is 6.61 Å². The van der Waals surface area contributed by atoms with E-state index in [2.05, 4.69) is 4.98 Å². The first-order valence-electron chi connectivity index (χ1n) is 10.5. The van der Waals surface area contributed by atoms with E-state index in [1.165, 1.54) is 10.8 Å². The number of H-pyrrole nitrogens is 1. The van der Waals surface area contributed by atoms with Crippen LogP contribution in [0.2, 0.25) is 0 Å². The third kappa shape index (κ3) is 5.62. The molecule has 1 aromatic heterocycles. The number of carbonyl (C=O) groups excluding carboxylic acids is 2. The van der Waals surface area contributed by atoms with E-state index in [0.29, 0.717) is 23.1 Å². The number of carbonyl (C=O) groups is 2. The second kappa shape index (κ2) is 10.8. The summed E-state index contributed by atoms with van der Waals surface area (Å²) >= 11 is -1.17. The number of nitrogens with zero attached hydrogens (tertiary/aromatic N) is 1. The first kappa shape index (κ1) is 23.9. The molecule has 2 unspecified atom stereocenters. The third-order valence-corrected chi connectivity index (χ3v) is 7.86. The quantitative estimate of drug-likeness (QED) is 0.223. The van der Waals surface area contributed by atoms with E-state index in [-0.39, 0.29) is 10.5 Å². The third-order valence-electron chi connectivity index (χ3n) is 5.24. The van der Waals surface area contributed by atoms with Gasteiger partial charge in [-0.1, -0.05) is 0 Å². The SMILES string of the molecule is Cc1cn([C@@H]2CC([I-]OC(=O)c3ccccc3)C(COC(=O)c3ccccc3)O2)c(=O)[nH]c1=O. The Kier molecular flexibility index (Phi) is 7.58. The minimum absolute atomic E-state index is 0.0609. The predicted molar refractivity (Wildman–Crippen MR) is 117 cm³/mol. The van der Waals surface area contributed by atoms with Gasteiger partial charge in [0.1, 0.15) is 0 Å². The molecule has 178 valence electrons. The molecule has 1 aliphatic rings. The van der Waals surface area contributed by atoms with Crippen molar-refractivity contribution in [1.82, 2.24) is 9.55 Å². The van der Waals surface area contributed by atoms with Gasteiger partial charge in [0.05, 0.1) is 0 Å². The summed E-state index contributed by atoms with van der Waals surface area (Å²) in [7, 11) is 0. The standard InChI is InChI=1S/C24H22IN2O7/c1-15-13-27(24(31)26-21(15)28)20-12-18(25-34-23(30)17-10-6-3-7-11-17)19(33-20)14-32-22(29)16-8-4-2-5-9-16/h2-11,13,18-20H,12,14H2,1H3,(H,26,28,31)/q-1/t18?,19?,20-/m0/s1. The molecule has 0 amide bonds. The summed E-state index contributed by atoms with van der Waals surface area (Å²) in [6, 6.07) is 17.2. The normalized spacial score (nSPS) is 19.6. The van der Waals surface area contributed by atoms with E-state index in [9.17, 15) is 19.2 Å². The zero-order chi connectivity index (χ0) is 24.1. The number of aromatic amines is 1. The van der Waals surface area contributed by atoms with Crippen molar-refractivity contribution in [3.05, 3.63) is 104 Å². The van der Waals surface area contributed by atoms with Gasteiger partial charge < -0.3 is 0 Å². The van der Waals surface area contributed by atoms with Crippen molar-refractivity contribution in [1.29, 1.82) is 0 Å². The zero-order valence-corrected chi connectivity index (χ0v) is 20.3. The molecule has 0 saturated carbocycles. The van der Waals surface area contributed by atoms with Gasteiger partial charge in [-0.15, -0.1) is 0 Å². The Labute approximate surface area is 205 Å². The average molecular weight is 577 g/mol. The fourth-order valence-electron chi connectivity index (χ4n) is 3.44. The number of hydrogen-bond donors (Lipinski definition) is 1. The molecule has 4 rings (SSSR count). The van der Waals surface area contributed by atoms with Gasteiger partial charge in [0.2, 0.25) is 0 Å². The number of hydrogen-bond acceptors (Lipinski definition) is 7. The molecule has 3 aromatic rings. The van der Waals surface area contributed by atoms with Gasteiger partial charge >= 0.3 is 206 Å². The van der Waals surface area contributed by atoms with E-state index < -0.39 is 57.1 Å². The molecule has 2 heterocycles. The Bertz CT molecular complexity index is 1210. The van der Waals surface area contributed by atoms with Crippen LogP contribution >= 0.6 is 0 Å². The molecule has 10 heteroatoms. The molecule has 0 spiro atoms. The molecular formula is C24H22IN2O7-. The minimum atomic E-state index is -1.17. The van der Waals surface area contributed by atoms with Crippen LogP contribution in [-0.2, 0) is 12.5 Å². The summed E-state index contributed by atoms with van der Waals surface area (Å²) in [5.41, 5.74) is 0.154. The number of esters is 1. The molecule has 0 radical (unpaired) electrons. The maximum absolute atomic E-state index is 12.4. The molecule has 3 atom stereocenters. The molecule has 0 aliphatic carbocycles. The number of ether oxygens (including phenoxy) is 2. The van der Waals surface area contributed by atoms with Crippen molar-refractivity contribution in [2.45, 2.75) is 29.6 Å². The molecule has 1 saturated heterocycles. The predicted octanol–water partition coefficient (Wildman–Crippen LogP) is -0.781. The van der Waals surface area contributed by atoms with Crippen molar-refractivity contribution >= 4 is 11.9 Å². The van der Waals surface area contributed by atoms with Crippen molar-refractivity contribution < 1.29 is 43.7 Å². The number of halogens is 1. The van der Waals surface area contributed by atoms with Gasteiger partial charge in [-0.2, -0.15) is 0 Å². The van der Waals surface area contributed by atoms with Crippen LogP contribution in [0.4, 0.5) is 0 Å². The number of aromatic nitrogens is 2. The van der Waals surface area contributed by atoms with Crippen LogP contribution in [0.5, 0.6) is 0 Å². The summed E-state index contributed by atoms with van der Waals surface area (Å²) in [5, 5.41) is 0. The Morgan fingerprint density at radius 3 is 2.29 bits per heavy atom. The number of aryl methyl sites for hydroxylation is 1. The van der Waals surface area contributed by atoms with Crippen LogP contribution in [0.25, 0.3) is 0 Å². The van der Waals surface area contributed by atoms with Crippen LogP contribution in [-0.4, -0.2) is 38.1 Å². The second-order valence-electron chi connectivity index (χ2n) is 7.64. The van der Waals surface area contributed by atoms with Gasteiger partial charge in [0.15, 0.2) is 0 Å². The van der Waals surface area contributed by atoms with E-state index in [4.69, 9.17) is 12.5 Å². The molecule has 1 N–H and O–H groups in total. The summed E-state index contributed by atoms with van der Waals surface area (Å²) in [6.45, 7) is 1.53. The molecule has 2 aromatic carbocycles. The van der Waals surface area contributed by atoms with Gasteiger partial charge in [-0.3, -0.25) is 0 Å². The van der Waals surface area contributed by atoms with Crippen LogP contribution in [0.3, 0.4) is 0 Å². The fourth-order valence-corrected chi connectivity index (χ4v) is 5.59. The van der Waals surface area contributed by atoms with E-state index in [0.717, 1.165) is 0 Å². The first-order chi connectivity index (χ1) is 16.4. The van der Waals surface area contributed by atoms with Gasteiger partial charge in [-0.25, -0.2) is 0 Å². The second-order valence-corrected chi connectivity index (χ2v) is 10.2. The summed E-state index contributed by atoms with van der Waals surface area (Å²) < 4.78 is 18.2. The number of alkyl halides is 1. The summed E-state index contributed by atoms with van der Waals surface area (Å²) in [5.74, 6) is -0.933. The zero-order valence-electron chi connectivity index (χ0n) is 18.2. The fraction of sp³-hybridized carbons (Fsp3) is 0.250. The van der Waals surface area contributed by atoms with E-state index in [1.807, 2.05) is 6.07 Å². The Morgan fingerprint density at radius 1 is 1.03 bits per heavy atom. The monoisotopic (exact) mass is 577 g/mol. The van der Waals surface area contributed by atoms with Gasteiger partial charge in [0.25, 0.3) is 0 Å². The molecule has 0 bridgehead atoms. The van der Waals surface area contributed by atoms with Crippen LogP contribution < -0.4 is 32.9 Å². The summed E-state index contributed by atoms with van der Waals surface area (Å²) in [6.07, 6.45) is 0.542. The molecule has 34 heavy (non-hydrogen) atoms. The Hall–Kier alpha value is -3.25. The van der Waals surface area contributed by atoms with Crippen molar-refractivity contribution in [3.8, 4) is 0 Å². The Morgan fingerprint density at radius 2 is 1.65 bits per heavy atom. The number of benzene rings is 2. The maximum atomic E-state index is 12.4. The van der Waals surface area contributed by atoms with E-state index >= 15 is 0 Å².